The molecule has 1 aliphatic rings. The Kier molecular flexibility index (Phi) is 6.56. The summed E-state index contributed by atoms with van der Waals surface area (Å²) in [5.41, 5.74) is 5.78. The van der Waals surface area contributed by atoms with Crippen LogP contribution in [0, 0.1) is 11.8 Å². The summed E-state index contributed by atoms with van der Waals surface area (Å²) in [5.74, 6) is 0.824. The van der Waals surface area contributed by atoms with Gasteiger partial charge in [-0.25, -0.2) is 0 Å². The molecule has 0 bridgehead atoms. The van der Waals surface area contributed by atoms with E-state index in [0.29, 0.717) is 5.92 Å². The monoisotopic (exact) mass is 241 g/mol. The minimum Gasteiger partial charge on any atom is -0.481 e. The first kappa shape index (κ1) is 14.5. The van der Waals surface area contributed by atoms with E-state index in [1.807, 2.05) is 0 Å². The van der Waals surface area contributed by atoms with Gasteiger partial charge in [-0.1, -0.05) is 39.0 Å². The largest absolute Gasteiger partial charge is 0.481 e. The van der Waals surface area contributed by atoms with Crippen molar-refractivity contribution in [2.75, 3.05) is 0 Å². The van der Waals surface area contributed by atoms with Gasteiger partial charge in [0, 0.05) is 6.04 Å². The molecule has 0 radical (unpaired) electrons. The number of hydrogen-bond donors (Lipinski definition) is 2. The lowest BCUT2D eigenvalue weighted by Crippen LogP contribution is -2.24. The number of aliphatic carboxylic acids is 1. The molecule has 0 spiro atoms. The molecule has 1 aliphatic carbocycles. The highest BCUT2D eigenvalue weighted by atomic mass is 16.4. The Morgan fingerprint density at radius 1 is 1.29 bits per heavy atom. The SMILES string of the molecule is CC(CCC(N)CC(=O)O)CC1CCCCC1. The van der Waals surface area contributed by atoms with E-state index < -0.39 is 5.97 Å². The summed E-state index contributed by atoms with van der Waals surface area (Å²) in [4.78, 5) is 10.5. The first-order valence-corrected chi connectivity index (χ1v) is 7.05. The zero-order chi connectivity index (χ0) is 12.7. The van der Waals surface area contributed by atoms with Gasteiger partial charge in [0.05, 0.1) is 6.42 Å². The third-order valence-electron chi connectivity index (χ3n) is 3.93. The first-order valence-electron chi connectivity index (χ1n) is 7.05. The molecule has 0 aromatic carbocycles. The van der Waals surface area contributed by atoms with Crippen molar-refractivity contribution in [3.8, 4) is 0 Å². The average Bonchev–Trinajstić information content (AvgIpc) is 2.27. The highest BCUT2D eigenvalue weighted by molar-refractivity contribution is 5.67. The summed E-state index contributed by atoms with van der Waals surface area (Å²) in [5, 5.41) is 8.63. The molecule has 17 heavy (non-hydrogen) atoms. The van der Waals surface area contributed by atoms with Crippen molar-refractivity contribution in [3.63, 3.8) is 0 Å². The Balaban J connectivity index is 2.11. The van der Waals surface area contributed by atoms with Crippen LogP contribution in [0.4, 0.5) is 0 Å². The van der Waals surface area contributed by atoms with Gasteiger partial charge in [0.15, 0.2) is 0 Å². The van der Waals surface area contributed by atoms with Gasteiger partial charge < -0.3 is 10.8 Å². The van der Waals surface area contributed by atoms with Crippen molar-refractivity contribution >= 4 is 5.97 Å². The van der Waals surface area contributed by atoms with E-state index in [-0.39, 0.29) is 12.5 Å². The molecule has 0 aromatic rings. The van der Waals surface area contributed by atoms with E-state index in [4.69, 9.17) is 10.8 Å². The maximum absolute atomic E-state index is 10.5. The van der Waals surface area contributed by atoms with Crippen molar-refractivity contribution in [3.05, 3.63) is 0 Å². The highest BCUT2D eigenvalue weighted by Gasteiger charge is 2.17. The summed E-state index contributed by atoms with van der Waals surface area (Å²) in [7, 11) is 0. The van der Waals surface area contributed by atoms with Crippen molar-refractivity contribution in [2.45, 2.75) is 70.8 Å². The van der Waals surface area contributed by atoms with Gasteiger partial charge >= 0.3 is 5.97 Å². The Morgan fingerprint density at radius 2 is 1.94 bits per heavy atom. The van der Waals surface area contributed by atoms with Crippen LogP contribution < -0.4 is 5.73 Å². The number of nitrogens with two attached hydrogens (primary N) is 1. The number of hydrogen-bond acceptors (Lipinski definition) is 2. The van der Waals surface area contributed by atoms with Gasteiger partial charge in [-0.2, -0.15) is 0 Å². The molecule has 0 aromatic heterocycles. The van der Waals surface area contributed by atoms with Crippen LogP contribution in [0.3, 0.4) is 0 Å². The molecule has 3 N–H and O–H groups in total. The summed E-state index contributed by atoms with van der Waals surface area (Å²) >= 11 is 0. The molecule has 1 rings (SSSR count). The third-order valence-corrected chi connectivity index (χ3v) is 3.93. The molecule has 1 fully saturated rings. The number of rotatable bonds is 7. The molecular weight excluding hydrogens is 214 g/mol. The Labute approximate surface area is 105 Å². The quantitative estimate of drug-likeness (QED) is 0.719. The lowest BCUT2D eigenvalue weighted by atomic mass is 9.82. The maximum atomic E-state index is 10.5. The second-order valence-electron chi connectivity index (χ2n) is 5.78. The average molecular weight is 241 g/mol. The molecule has 0 saturated heterocycles. The molecule has 3 nitrogen and oxygen atoms in total. The van der Waals surface area contributed by atoms with Gasteiger partial charge in [0.2, 0.25) is 0 Å². The second kappa shape index (κ2) is 7.70. The molecule has 100 valence electrons. The van der Waals surface area contributed by atoms with Gasteiger partial charge in [-0.3, -0.25) is 4.79 Å². The lowest BCUT2D eigenvalue weighted by molar-refractivity contribution is -0.137. The van der Waals surface area contributed by atoms with E-state index >= 15 is 0 Å². The van der Waals surface area contributed by atoms with E-state index in [1.54, 1.807) is 0 Å². The Hall–Kier alpha value is -0.570. The van der Waals surface area contributed by atoms with Gasteiger partial charge in [0.25, 0.3) is 0 Å². The van der Waals surface area contributed by atoms with Crippen molar-refractivity contribution in [2.24, 2.45) is 17.6 Å². The number of carboxylic acids is 1. The minimum atomic E-state index is -0.780. The van der Waals surface area contributed by atoms with Crippen LogP contribution in [-0.4, -0.2) is 17.1 Å². The number of carbonyl (C=O) groups is 1. The van der Waals surface area contributed by atoms with Crippen LogP contribution in [0.5, 0.6) is 0 Å². The lowest BCUT2D eigenvalue weighted by Gasteiger charge is -2.25. The summed E-state index contributed by atoms with van der Waals surface area (Å²) in [6, 6.07) is -0.165. The zero-order valence-electron chi connectivity index (χ0n) is 11.0. The fourth-order valence-corrected chi connectivity index (χ4v) is 2.93. The topological polar surface area (TPSA) is 63.3 Å². The van der Waals surface area contributed by atoms with Crippen molar-refractivity contribution in [1.82, 2.24) is 0 Å². The third kappa shape index (κ3) is 6.67. The molecule has 3 heteroatoms. The fourth-order valence-electron chi connectivity index (χ4n) is 2.93. The van der Waals surface area contributed by atoms with Crippen LogP contribution in [0.1, 0.15) is 64.7 Å². The smallest absolute Gasteiger partial charge is 0.304 e. The summed E-state index contributed by atoms with van der Waals surface area (Å²) < 4.78 is 0. The van der Waals surface area contributed by atoms with E-state index in [1.165, 1.54) is 38.5 Å². The molecule has 0 heterocycles. The summed E-state index contributed by atoms with van der Waals surface area (Å²) in [6.07, 6.45) is 10.3. The summed E-state index contributed by atoms with van der Waals surface area (Å²) in [6.45, 7) is 2.28. The van der Waals surface area contributed by atoms with Crippen molar-refractivity contribution in [1.29, 1.82) is 0 Å². The maximum Gasteiger partial charge on any atom is 0.304 e. The normalized spacial score (nSPS) is 21.1. The zero-order valence-corrected chi connectivity index (χ0v) is 11.0. The van der Waals surface area contributed by atoms with Crippen LogP contribution >= 0.6 is 0 Å². The molecular formula is C14H27NO2. The van der Waals surface area contributed by atoms with Crippen LogP contribution in [0.2, 0.25) is 0 Å². The van der Waals surface area contributed by atoms with Gasteiger partial charge in [-0.15, -0.1) is 0 Å². The van der Waals surface area contributed by atoms with Crippen LogP contribution in [0.25, 0.3) is 0 Å². The second-order valence-corrected chi connectivity index (χ2v) is 5.78. The Morgan fingerprint density at radius 3 is 2.53 bits per heavy atom. The van der Waals surface area contributed by atoms with Gasteiger partial charge in [-0.05, 0) is 31.1 Å². The highest BCUT2D eigenvalue weighted by Crippen LogP contribution is 2.30. The molecule has 2 unspecified atom stereocenters. The first-order chi connectivity index (χ1) is 8.08. The standard InChI is InChI=1S/C14H27NO2/c1-11(7-8-13(15)10-14(16)17)9-12-5-3-2-4-6-12/h11-13H,2-10,15H2,1H3,(H,16,17). The van der Waals surface area contributed by atoms with Gasteiger partial charge in [0.1, 0.15) is 0 Å². The predicted molar refractivity (Wildman–Crippen MR) is 69.8 cm³/mol. The molecule has 1 saturated carbocycles. The van der Waals surface area contributed by atoms with E-state index in [0.717, 1.165) is 18.8 Å². The number of carboxylic acid groups (broad SMARTS) is 1. The van der Waals surface area contributed by atoms with E-state index in [2.05, 4.69) is 6.92 Å². The molecule has 0 amide bonds. The van der Waals surface area contributed by atoms with Crippen molar-refractivity contribution < 1.29 is 9.90 Å². The Bertz CT molecular complexity index is 224. The minimum absolute atomic E-state index is 0.107. The molecule has 2 atom stereocenters. The molecule has 0 aliphatic heterocycles. The van der Waals surface area contributed by atoms with Crippen LogP contribution in [0.15, 0.2) is 0 Å². The van der Waals surface area contributed by atoms with Crippen LogP contribution in [-0.2, 0) is 4.79 Å². The van der Waals surface area contributed by atoms with E-state index in [9.17, 15) is 4.79 Å². The fraction of sp³-hybridized carbons (Fsp3) is 0.929. The predicted octanol–water partition coefficient (Wildman–Crippen LogP) is 3.18.